The quantitative estimate of drug-likeness (QED) is 0.365. The lowest BCUT2D eigenvalue weighted by atomic mass is 10.0. The molecule has 0 aromatic heterocycles. The molecule has 3 aromatic rings. The van der Waals surface area contributed by atoms with Gasteiger partial charge >= 0.3 is 5.97 Å². The molecule has 2 aliphatic heterocycles. The molecule has 212 valence electrons. The van der Waals surface area contributed by atoms with E-state index in [9.17, 15) is 14.4 Å². The largest absolute Gasteiger partial charge is 0.466 e. The Bertz CT molecular complexity index is 1470. The molecule has 0 radical (unpaired) electrons. The van der Waals surface area contributed by atoms with Crippen LogP contribution in [0.4, 0.5) is 5.69 Å². The zero-order valence-corrected chi connectivity index (χ0v) is 24.1. The molecular weight excluding hydrogens is 540 g/mol. The van der Waals surface area contributed by atoms with Gasteiger partial charge in [0, 0.05) is 48.4 Å². The lowest BCUT2D eigenvalue weighted by Gasteiger charge is -2.24. The molecule has 0 unspecified atom stereocenters. The summed E-state index contributed by atoms with van der Waals surface area (Å²) in [5, 5.41) is 0.540. The van der Waals surface area contributed by atoms with E-state index in [0.717, 1.165) is 46.9 Å². The zero-order valence-electron chi connectivity index (χ0n) is 23.3. The highest BCUT2D eigenvalue weighted by Gasteiger charge is 2.30. The van der Waals surface area contributed by atoms with Crippen molar-refractivity contribution in [2.45, 2.75) is 32.9 Å². The summed E-state index contributed by atoms with van der Waals surface area (Å²) in [7, 11) is 2.03. The van der Waals surface area contributed by atoms with E-state index in [1.165, 1.54) is 0 Å². The van der Waals surface area contributed by atoms with Crippen molar-refractivity contribution in [2.75, 3.05) is 38.2 Å². The first-order valence-electron chi connectivity index (χ1n) is 13.8. The summed E-state index contributed by atoms with van der Waals surface area (Å²) in [6.07, 6.45) is 0.743. The number of aliphatic imine (C=N–C) groups is 1. The highest BCUT2D eigenvalue weighted by atomic mass is 35.5. The molecule has 0 fully saturated rings. The third-order valence-electron chi connectivity index (χ3n) is 7.34. The summed E-state index contributed by atoms with van der Waals surface area (Å²) < 4.78 is 5.09. The number of hydrogen-bond donors (Lipinski definition) is 0. The van der Waals surface area contributed by atoms with Crippen molar-refractivity contribution in [1.82, 2.24) is 9.80 Å². The smallest absolute Gasteiger partial charge is 0.306 e. The first-order valence-corrected chi connectivity index (χ1v) is 14.2. The Morgan fingerprint density at radius 3 is 2.39 bits per heavy atom. The number of anilines is 1. The lowest BCUT2D eigenvalue weighted by molar-refractivity contribution is -0.143. The van der Waals surface area contributed by atoms with Gasteiger partial charge in [0.1, 0.15) is 12.4 Å². The van der Waals surface area contributed by atoms with Crippen LogP contribution in [0.2, 0.25) is 5.02 Å². The molecule has 8 nitrogen and oxygen atoms in total. The minimum Gasteiger partial charge on any atom is -0.466 e. The Kier molecular flexibility index (Phi) is 8.69. The number of carbonyl (C=O) groups is 3. The van der Waals surface area contributed by atoms with Gasteiger partial charge in [-0.25, -0.2) is 0 Å². The number of fused-ring (bicyclic) bond motifs is 1. The van der Waals surface area contributed by atoms with Gasteiger partial charge in [-0.3, -0.25) is 19.4 Å². The van der Waals surface area contributed by atoms with Crippen LogP contribution < -0.4 is 4.90 Å². The van der Waals surface area contributed by atoms with Crippen LogP contribution in [-0.4, -0.2) is 66.7 Å². The van der Waals surface area contributed by atoms with E-state index in [2.05, 4.69) is 9.89 Å². The predicted molar refractivity (Wildman–Crippen MR) is 159 cm³/mol. The fourth-order valence-electron chi connectivity index (χ4n) is 5.15. The van der Waals surface area contributed by atoms with Gasteiger partial charge in [0.15, 0.2) is 0 Å². The van der Waals surface area contributed by atoms with E-state index in [4.69, 9.17) is 16.3 Å². The van der Waals surface area contributed by atoms with Gasteiger partial charge in [0.2, 0.25) is 5.91 Å². The summed E-state index contributed by atoms with van der Waals surface area (Å²) >= 11 is 6.02. The molecule has 0 bridgehead atoms. The predicted octanol–water partition coefficient (Wildman–Crippen LogP) is 4.72. The normalized spacial score (nSPS) is 15.0. The van der Waals surface area contributed by atoms with Crippen LogP contribution in [0.25, 0.3) is 0 Å². The van der Waals surface area contributed by atoms with Crippen molar-refractivity contribution in [3.63, 3.8) is 0 Å². The van der Waals surface area contributed by atoms with Crippen LogP contribution in [-0.2, 0) is 33.8 Å². The van der Waals surface area contributed by atoms with E-state index >= 15 is 0 Å². The molecule has 5 rings (SSSR count). The molecule has 41 heavy (non-hydrogen) atoms. The number of amides is 2. The first kappa shape index (κ1) is 28.4. The highest BCUT2D eigenvalue weighted by Crippen LogP contribution is 2.30. The van der Waals surface area contributed by atoms with Crippen molar-refractivity contribution in [2.24, 2.45) is 4.99 Å². The Hall–Kier alpha value is -4.17. The number of esters is 1. The summed E-state index contributed by atoms with van der Waals surface area (Å²) in [6.45, 7) is 4.38. The molecule has 3 aromatic carbocycles. The summed E-state index contributed by atoms with van der Waals surface area (Å²) in [6, 6.07) is 20.6. The minimum absolute atomic E-state index is 0.0615. The van der Waals surface area contributed by atoms with E-state index in [1.54, 1.807) is 41.0 Å². The van der Waals surface area contributed by atoms with Gasteiger partial charge in [-0.1, -0.05) is 48.0 Å². The maximum Gasteiger partial charge on any atom is 0.306 e. The Morgan fingerprint density at radius 1 is 0.976 bits per heavy atom. The number of rotatable bonds is 8. The van der Waals surface area contributed by atoms with Crippen molar-refractivity contribution >= 4 is 40.9 Å². The monoisotopic (exact) mass is 572 g/mol. The number of nitrogens with zero attached hydrogens (tertiary/aromatic N) is 4. The maximum atomic E-state index is 13.8. The third-order valence-corrected chi connectivity index (χ3v) is 7.59. The van der Waals surface area contributed by atoms with E-state index in [-0.39, 0.29) is 37.3 Å². The molecule has 0 atom stereocenters. The molecule has 0 aliphatic carbocycles. The molecule has 0 N–H and O–H groups in total. The van der Waals surface area contributed by atoms with E-state index in [0.29, 0.717) is 30.2 Å². The van der Waals surface area contributed by atoms with Crippen molar-refractivity contribution < 1.29 is 19.1 Å². The number of halogens is 1. The molecule has 0 saturated heterocycles. The SMILES string of the molecule is CCOC(=O)CCc1ccc2c(c1)N(Cc1ccc(C3=NCCN3C)cc1)C(=O)CN(C(=O)c1ccc(Cl)cc1)C2. The zero-order chi connectivity index (χ0) is 28.9. The van der Waals surface area contributed by atoms with Crippen LogP contribution in [0.1, 0.15) is 46.0 Å². The number of benzene rings is 3. The number of likely N-dealkylation sites (N-methyl/N-ethyl adjacent to an activating group) is 1. The van der Waals surface area contributed by atoms with Crippen molar-refractivity contribution in [3.05, 3.63) is 99.6 Å². The maximum absolute atomic E-state index is 13.8. The fourth-order valence-corrected chi connectivity index (χ4v) is 5.28. The number of aryl methyl sites for hydroxylation is 1. The Labute approximate surface area is 245 Å². The Balaban J connectivity index is 1.44. The molecule has 9 heteroatoms. The number of carbonyl (C=O) groups excluding carboxylic acids is 3. The number of ether oxygens (including phenoxy) is 1. The molecule has 0 spiro atoms. The third kappa shape index (κ3) is 6.60. The van der Waals surface area contributed by atoms with Gasteiger partial charge in [0.25, 0.3) is 5.91 Å². The van der Waals surface area contributed by atoms with Crippen molar-refractivity contribution in [1.29, 1.82) is 0 Å². The Morgan fingerprint density at radius 2 is 1.71 bits per heavy atom. The minimum atomic E-state index is -0.257. The first-order chi connectivity index (χ1) is 19.8. The van der Waals surface area contributed by atoms with Gasteiger partial charge in [-0.2, -0.15) is 0 Å². The van der Waals surface area contributed by atoms with Crippen LogP contribution in [0.15, 0.2) is 71.7 Å². The average molecular weight is 573 g/mol. The van der Waals surface area contributed by atoms with Gasteiger partial charge < -0.3 is 19.4 Å². The fraction of sp³-hybridized carbons (Fsp3) is 0.312. The van der Waals surface area contributed by atoms with E-state index < -0.39 is 0 Å². The molecule has 2 heterocycles. The highest BCUT2D eigenvalue weighted by molar-refractivity contribution is 6.30. The topological polar surface area (TPSA) is 82.5 Å². The second kappa shape index (κ2) is 12.6. The second-order valence-electron chi connectivity index (χ2n) is 10.2. The lowest BCUT2D eigenvalue weighted by Crippen LogP contribution is -2.39. The molecule has 2 amide bonds. The van der Waals surface area contributed by atoms with Crippen LogP contribution in [0.5, 0.6) is 0 Å². The molecule has 2 aliphatic rings. The number of amidine groups is 1. The summed E-state index contributed by atoms with van der Waals surface area (Å²) in [4.78, 5) is 49.2. The van der Waals surface area contributed by atoms with Gasteiger partial charge in [-0.15, -0.1) is 0 Å². The summed E-state index contributed by atoms with van der Waals surface area (Å²) in [5.74, 6) is 0.292. The average Bonchev–Trinajstić information content (AvgIpc) is 3.35. The second-order valence-corrected chi connectivity index (χ2v) is 10.7. The van der Waals surface area contributed by atoms with E-state index in [1.807, 2.05) is 49.5 Å². The van der Waals surface area contributed by atoms with Crippen molar-refractivity contribution in [3.8, 4) is 0 Å². The standard InChI is InChI=1S/C32H33ClN4O4/c1-3-41-30(39)15-7-22-4-10-26-20-36(32(40)25-11-13-27(33)14-12-25)21-29(38)37(28(26)18-22)19-23-5-8-24(9-6-23)31-34-16-17-35(31)2/h4-6,8-14,18H,3,7,15-17,19-21H2,1-2H3. The van der Waals surface area contributed by atoms with Gasteiger partial charge in [-0.05, 0) is 60.4 Å². The summed E-state index contributed by atoms with van der Waals surface area (Å²) in [5.41, 5.74) is 4.99. The van der Waals surface area contributed by atoms with Crippen LogP contribution in [0, 0.1) is 0 Å². The molecular formula is C32H33ClN4O4. The van der Waals surface area contributed by atoms with Gasteiger partial charge in [0.05, 0.1) is 19.7 Å². The number of hydrogen-bond acceptors (Lipinski definition) is 6. The van der Waals surface area contributed by atoms with Crippen LogP contribution in [0.3, 0.4) is 0 Å². The molecule has 0 saturated carbocycles. The van der Waals surface area contributed by atoms with Crippen LogP contribution >= 0.6 is 11.6 Å².